The molecule has 1 radical (unpaired) electrons. The molecule has 1 saturated carbocycles. The summed E-state index contributed by atoms with van der Waals surface area (Å²) in [7, 11) is 0. The Balaban J connectivity index is 0. The minimum atomic E-state index is 0. The van der Waals surface area contributed by atoms with Crippen molar-refractivity contribution in [3.63, 3.8) is 0 Å². The van der Waals surface area contributed by atoms with Crippen LogP contribution >= 0.6 is 0 Å². The van der Waals surface area contributed by atoms with Crippen molar-refractivity contribution in [2.75, 3.05) is 0 Å². The Morgan fingerprint density at radius 3 is 1.92 bits per heavy atom. The molecule has 0 saturated heterocycles. The Bertz CT molecular complexity index is 107. The van der Waals surface area contributed by atoms with Crippen LogP contribution in [0, 0.1) is 5.92 Å². The van der Waals surface area contributed by atoms with Crippen LogP contribution in [0.4, 0.5) is 0 Å². The van der Waals surface area contributed by atoms with Crippen LogP contribution in [0.5, 0.6) is 0 Å². The van der Waals surface area contributed by atoms with Gasteiger partial charge in [-0.1, -0.05) is 39.2 Å². The Morgan fingerprint density at radius 1 is 1.23 bits per heavy atom. The first-order valence-corrected chi connectivity index (χ1v) is 5.50. The maximum absolute atomic E-state index is 5.16. The molecule has 0 atom stereocenters. The van der Waals surface area contributed by atoms with Gasteiger partial charge >= 0.3 is 0 Å². The number of allylic oxidation sites excluding steroid dienone is 1. The van der Waals surface area contributed by atoms with Crippen LogP contribution in [0.3, 0.4) is 0 Å². The molecule has 13 heavy (non-hydrogen) atoms. The summed E-state index contributed by atoms with van der Waals surface area (Å²) in [5.74, 6) is 0.768. The van der Waals surface area contributed by atoms with Gasteiger partial charge in [0.1, 0.15) is 0 Å². The summed E-state index contributed by atoms with van der Waals surface area (Å²) in [5.41, 5.74) is 0. The van der Waals surface area contributed by atoms with Crippen molar-refractivity contribution in [2.45, 2.75) is 51.2 Å². The molecule has 0 amide bonds. The molecule has 0 nitrogen and oxygen atoms in total. The van der Waals surface area contributed by atoms with Gasteiger partial charge < -0.3 is 12.6 Å². The fourth-order valence-electron chi connectivity index (χ4n) is 1.32. The van der Waals surface area contributed by atoms with E-state index in [-0.39, 0.29) is 32.7 Å². The zero-order valence-corrected chi connectivity index (χ0v) is 12.6. The summed E-state index contributed by atoms with van der Waals surface area (Å²) in [5, 5.41) is 0.557. The Labute approximate surface area is 114 Å². The predicted molar refractivity (Wildman–Crippen MR) is 59.3 cm³/mol. The molecule has 0 N–H and O–H groups in total. The van der Waals surface area contributed by atoms with E-state index >= 15 is 0 Å². The molecule has 1 rings (SSSR count). The van der Waals surface area contributed by atoms with E-state index in [1.54, 1.807) is 0 Å². The molecule has 75 valence electrons. The van der Waals surface area contributed by atoms with Crippen molar-refractivity contribution in [3.05, 3.63) is 12.7 Å². The monoisotopic (exact) mass is 274 g/mol. The smallest absolute Gasteiger partial charge is 0 e. The van der Waals surface area contributed by atoms with E-state index in [9.17, 15) is 0 Å². The van der Waals surface area contributed by atoms with Crippen LogP contribution in [0.25, 0.3) is 0 Å². The van der Waals surface area contributed by atoms with Crippen LogP contribution in [0.1, 0.15) is 46.0 Å². The second kappa shape index (κ2) is 11.3. The van der Waals surface area contributed by atoms with Crippen molar-refractivity contribution < 1.29 is 32.7 Å². The molecule has 0 aliphatic heterocycles. The van der Waals surface area contributed by atoms with Gasteiger partial charge in [-0.05, 0) is 18.8 Å². The second-order valence-electron chi connectivity index (χ2n) is 3.48. The fraction of sp³-hybridized carbons (Fsp3) is 0.818. The van der Waals surface area contributed by atoms with E-state index in [4.69, 9.17) is 12.6 Å². The zero-order valence-electron chi connectivity index (χ0n) is 8.96. The Morgan fingerprint density at radius 2 is 1.62 bits per heavy atom. The topological polar surface area (TPSA) is 0 Å². The van der Waals surface area contributed by atoms with E-state index < -0.39 is 0 Å². The average Bonchev–Trinajstić information content (AvgIpc) is 2.07. The van der Waals surface area contributed by atoms with Crippen molar-refractivity contribution in [1.29, 1.82) is 0 Å². The van der Waals surface area contributed by atoms with Crippen molar-refractivity contribution in [2.24, 2.45) is 5.92 Å². The third kappa shape index (κ3) is 9.50. The first-order valence-electron chi connectivity index (χ1n) is 5.02. The van der Waals surface area contributed by atoms with E-state index in [1.807, 2.05) is 0 Å². The molecule has 0 heterocycles. The summed E-state index contributed by atoms with van der Waals surface area (Å²) in [6.45, 7) is 8.03. The summed E-state index contributed by atoms with van der Waals surface area (Å²) < 4.78 is 0. The number of rotatable bonds is 1. The summed E-state index contributed by atoms with van der Waals surface area (Å²) in [6, 6.07) is 0. The quantitative estimate of drug-likeness (QED) is 0.519. The van der Waals surface area contributed by atoms with Crippen LogP contribution in [-0.4, -0.2) is 5.25 Å². The van der Waals surface area contributed by atoms with Crippen molar-refractivity contribution in [3.8, 4) is 0 Å². The van der Waals surface area contributed by atoms with Gasteiger partial charge in [0, 0.05) is 32.7 Å². The van der Waals surface area contributed by atoms with Gasteiger partial charge in [0.25, 0.3) is 0 Å². The standard InChI is InChI=1S/C8H14S.C3H8.Y/c1-2-7-3-5-8(9)6-4-7;1-3-2;/h2,7-9H,1,3-6H2;3H2,1-2H3;/p-1. The van der Waals surface area contributed by atoms with Gasteiger partial charge in [0.15, 0.2) is 0 Å². The average molecular weight is 274 g/mol. The second-order valence-corrected chi connectivity index (χ2v) is 4.15. The summed E-state index contributed by atoms with van der Waals surface area (Å²) >= 11 is 5.16. The molecule has 0 aromatic carbocycles. The van der Waals surface area contributed by atoms with E-state index in [0.29, 0.717) is 5.25 Å². The maximum atomic E-state index is 5.16. The summed E-state index contributed by atoms with van der Waals surface area (Å²) in [4.78, 5) is 0. The van der Waals surface area contributed by atoms with Gasteiger partial charge in [-0.25, -0.2) is 0 Å². The van der Waals surface area contributed by atoms with Crippen LogP contribution < -0.4 is 0 Å². The molecule has 0 aromatic rings. The minimum Gasteiger partial charge on any atom is -0.789 e. The van der Waals surface area contributed by atoms with Gasteiger partial charge in [-0.15, -0.1) is 6.58 Å². The maximum Gasteiger partial charge on any atom is 0 e. The normalized spacial score (nSPS) is 26.4. The third-order valence-corrected chi connectivity index (χ3v) is 2.52. The summed E-state index contributed by atoms with van der Waals surface area (Å²) in [6.07, 6.45) is 8.33. The molecule has 1 aliphatic rings. The number of hydrogen-bond donors (Lipinski definition) is 0. The van der Waals surface area contributed by atoms with Gasteiger partial charge in [-0.2, -0.15) is 5.25 Å². The molecule has 2 heteroatoms. The molecule has 0 unspecified atom stereocenters. The first kappa shape index (κ1) is 16.6. The number of hydrogen-bond acceptors (Lipinski definition) is 1. The molecule has 1 fully saturated rings. The SMILES string of the molecule is C=CC1CCC([S-])CC1.CCC.[Y]. The molecular formula is C11H21SY-. The van der Waals surface area contributed by atoms with Crippen LogP contribution in [0.15, 0.2) is 12.7 Å². The van der Waals surface area contributed by atoms with Crippen molar-refractivity contribution >= 4 is 12.6 Å². The van der Waals surface area contributed by atoms with E-state index in [1.165, 1.54) is 32.1 Å². The van der Waals surface area contributed by atoms with Gasteiger partial charge in [0.05, 0.1) is 0 Å². The minimum absolute atomic E-state index is 0. The van der Waals surface area contributed by atoms with Crippen molar-refractivity contribution in [1.82, 2.24) is 0 Å². The zero-order chi connectivity index (χ0) is 9.40. The van der Waals surface area contributed by atoms with E-state index in [0.717, 1.165) is 5.92 Å². The molecule has 0 bridgehead atoms. The molecule has 1 aliphatic carbocycles. The molecule has 0 spiro atoms. The Kier molecular flexibility index (Phi) is 14.4. The Hall–Kier alpha value is 1.19. The van der Waals surface area contributed by atoms with Gasteiger partial charge in [0.2, 0.25) is 0 Å². The van der Waals surface area contributed by atoms with Gasteiger partial charge in [-0.3, -0.25) is 0 Å². The first-order chi connectivity index (χ1) is 5.74. The largest absolute Gasteiger partial charge is 0.789 e. The van der Waals surface area contributed by atoms with Crippen LogP contribution in [0.2, 0.25) is 0 Å². The van der Waals surface area contributed by atoms with Crippen LogP contribution in [-0.2, 0) is 45.3 Å². The predicted octanol–water partition coefficient (Wildman–Crippen LogP) is 3.69. The molecular weight excluding hydrogens is 253 g/mol. The third-order valence-electron chi connectivity index (χ3n) is 2.05. The fourth-order valence-corrected chi connectivity index (χ4v) is 1.60. The van der Waals surface area contributed by atoms with E-state index in [2.05, 4.69) is 26.5 Å². The molecule has 0 aromatic heterocycles.